The summed E-state index contributed by atoms with van der Waals surface area (Å²) in [4.78, 5) is 11.9. The van der Waals surface area contributed by atoms with Crippen LogP contribution in [0.25, 0.3) is 0 Å². The first kappa shape index (κ1) is 11.5. The van der Waals surface area contributed by atoms with Crippen molar-refractivity contribution in [1.82, 2.24) is 5.32 Å². The van der Waals surface area contributed by atoms with Crippen molar-refractivity contribution in [2.75, 3.05) is 25.0 Å². The quantitative estimate of drug-likeness (QED) is 0.811. The number of morpholine rings is 1. The van der Waals surface area contributed by atoms with Crippen LogP contribution in [-0.4, -0.2) is 37.8 Å². The molecule has 2 unspecified atom stereocenters. The van der Waals surface area contributed by atoms with Gasteiger partial charge in [0.25, 0.3) is 5.91 Å². The summed E-state index contributed by atoms with van der Waals surface area (Å²) in [6.07, 6.45) is 0.150. The molecule has 2 aliphatic heterocycles. The summed E-state index contributed by atoms with van der Waals surface area (Å²) in [5, 5.41) is 6.11. The van der Waals surface area contributed by atoms with Crippen LogP contribution in [0.3, 0.4) is 0 Å². The number of amides is 1. The lowest BCUT2D eigenvalue weighted by molar-refractivity contribution is -0.125. The number of hydrogen-bond donors (Lipinski definition) is 2. The predicted molar refractivity (Wildman–Crippen MR) is 66.7 cm³/mol. The number of ether oxygens (including phenoxy) is 2. The first-order chi connectivity index (χ1) is 8.83. The zero-order valence-corrected chi connectivity index (χ0v) is 10.0. The summed E-state index contributed by atoms with van der Waals surface area (Å²) in [5.74, 6) is 0.633. The molecule has 0 spiro atoms. The second-order valence-corrected chi connectivity index (χ2v) is 4.52. The molecule has 1 aromatic rings. The summed E-state index contributed by atoms with van der Waals surface area (Å²) >= 11 is 0. The van der Waals surface area contributed by atoms with Crippen LogP contribution in [0.4, 0.5) is 5.69 Å². The highest BCUT2D eigenvalue weighted by Crippen LogP contribution is 2.30. The van der Waals surface area contributed by atoms with E-state index < -0.39 is 6.10 Å². The molecule has 5 nitrogen and oxygen atoms in total. The average molecular weight is 248 g/mol. The molecule has 1 saturated heterocycles. The second kappa shape index (κ2) is 4.96. The van der Waals surface area contributed by atoms with E-state index >= 15 is 0 Å². The Kier molecular flexibility index (Phi) is 3.17. The van der Waals surface area contributed by atoms with Gasteiger partial charge in [0.2, 0.25) is 0 Å². The van der Waals surface area contributed by atoms with Crippen LogP contribution < -0.4 is 15.4 Å². The number of benzene rings is 1. The Morgan fingerprint density at radius 1 is 1.33 bits per heavy atom. The SMILES string of the molecule is O=C1Nc2ccccc2OC1CC1CNCCO1. The summed E-state index contributed by atoms with van der Waals surface area (Å²) in [6, 6.07) is 7.47. The molecule has 2 heterocycles. The van der Waals surface area contributed by atoms with E-state index in [4.69, 9.17) is 9.47 Å². The number of carbonyl (C=O) groups is 1. The molecular weight excluding hydrogens is 232 g/mol. The minimum absolute atomic E-state index is 0.0414. The number of fused-ring (bicyclic) bond motifs is 1. The van der Waals surface area contributed by atoms with Crippen LogP contribution in [-0.2, 0) is 9.53 Å². The van der Waals surface area contributed by atoms with E-state index in [0.29, 0.717) is 13.0 Å². The first-order valence-electron chi connectivity index (χ1n) is 6.22. The normalized spacial score (nSPS) is 27.0. The largest absolute Gasteiger partial charge is 0.478 e. The molecule has 2 N–H and O–H groups in total. The molecule has 96 valence electrons. The minimum Gasteiger partial charge on any atom is -0.478 e. The lowest BCUT2D eigenvalue weighted by Gasteiger charge is -2.30. The van der Waals surface area contributed by atoms with Crippen molar-refractivity contribution >= 4 is 11.6 Å². The highest BCUT2D eigenvalue weighted by Gasteiger charge is 2.30. The summed E-state index contributed by atoms with van der Waals surface area (Å²) in [7, 11) is 0. The van der Waals surface area contributed by atoms with Crippen molar-refractivity contribution in [3.8, 4) is 5.75 Å². The van der Waals surface area contributed by atoms with E-state index in [1.807, 2.05) is 24.3 Å². The van der Waals surface area contributed by atoms with Gasteiger partial charge in [0.1, 0.15) is 5.75 Å². The number of carbonyl (C=O) groups excluding carboxylic acids is 1. The average Bonchev–Trinajstić information content (AvgIpc) is 2.41. The van der Waals surface area contributed by atoms with Crippen LogP contribution in [0.15, 0.2) is 24.3 Å². The summed E-state index contributed by atoms with van der Waals surface area (Å²) < 4.78 is 11.3. The van der Waals surface area contributed by atoms with Gasteiger partial charge in [-0.1, -0.05) is 12.1 Å². The third-order valence-corrected chi connectivity index (χ3v) is 3.19. The lowest BCUT2D eigenvalue weighted by Crippen LogP contribution is -2.45. The van der Waals surface area contributed by atoms with Gasteiger partial charge < -0.3 is 20.1 Å². The predicted octanol–water partition coefficient (Wildman–Crippen LogP) is 0.765. The van der Waals surface area contributed by atoms with E-state index in [1.165, 1.54) is 0 Å². The highest BCUT2D eigenvalue weighted by molar-refractivity contribution is 5.97. The molecule has 3 rings (SSSR count). The second-order valence-electron chi connectivity index (χ2n) is 4.52. The van der Waals surface area contributed by atoms with Crippen LogP contribution in [0.1, 0.15) is 6.42 Å². The van der Waals surface area contributed by atoms with Crippen LogP contribution in [0.2, 0.25) is 0 Å². The molecule has 0 aromatic heterocycles. The van der Waals surface area contributed by atoms with Gasteiger partial charge in [-0.15, -0.1) is 0 Å². The molecule has 0 bridgehead atoms. The fraction of sp³-hybridized carbons (Fsp3) is 0.462. The molecule has 1 fully saturated rings. The molecule has 1 aromatic carbocycles. The maximum absolute atomic E-state index is 11.9. The Morgan fingerprint density at radius 2 is 2.22 bits per heavy atom. The minimum atomic E-state index is -0.468. The van der Waals surface area contributed by atoms with Gasteiger partial charge in [0, 0.05) is 19.5 Å². The fourth-order valence-electron chi connectivity index (χ4n) is 2.26. The van der Waals surface area contributed by atoms with Crippen LogP contribution >= 0.6 is 0 Å². The van der Waals surface area contributed by atoms with Crippen molar-refractivity contribution in [1.29, 1.82) is 0 Å². The Hall–Kier alpha value is -1.59. The van der Waals surface area contributed by atoms with Crippen molar-refractivity contribution in [2.24, 2.45) is 0 Å². The Morgan fingerprint density at radius 3 is 3.06 bits per heavy atom. The maximum Gasteiger partial charge on any atom is 0.265 e. The topological polar surface area (TPSA) is 59.6 Å². The molecular formula is C13H16N2O3. The van der Waals surface area contributed by atoms with Crippen molar-refractivity contribution in [3.63, 3.8) is 0 Å². The van der Waals surface area contributed by atoms with E-state index in [0.717, 1.165) is 24.5 Å². The van der Waals surface area contributed by atoms with E-state index in [9.17, 15) is 4.79 Å². The van der Waals surface area contributed by atoms with E-state index in [-0.39, 0.29) is 12.0 Å². The molecule has 0 saturated carbocycles. The number of hydrogen-bond acceptors (Lipinski definition) is 4. The Labute approximate surface area is 105 Å². The molecule has 5 heteroatoms. The van der Waals surface area contributed by atoms with Gasteiger partial charge >= 0.3 is 0 Å². The zero-order valence-electron chi connectivity index (χ0n) is 10.0. The van der Waals surface area contributed by atoms with Gasteiger partial charge in [-0.05, 0) is 12.1 Å². The summed E-state index contributed by atoms with van der Waals surface area (Å²) in [6.45, 7) is 2.33. The highest BCUT2D eigenvalue weighted by atomic mass is 16.5. The molecule has 2 atom stereocenters. The van der Waals surface area contributed by atoms with Crippen molar-refractivity contribution < 1.29 is 14.3 Å². The van der Waals surface area contributed by atoms with Gasteiger partial charge in [-0.2, -0.15) is 0 Å². The Bertz CT molecular complexity index is 444. The molecule has 0 radical (unpaired) electrons. The van der Waals surface area contributed by atoms with Crippen molar-refractivity contribution in [2.45, 2.75) is 18.6 Å². The first-order valence-corrected chi connectivity index (χ1v) is 6.22. The molecule has 0 aliphatic carbocycles. The van der Waals surface area contributed by atoms with Crippen LogP contribution in [0, 0.1) is 0 Å². The zero-order chi connectivity index (χ0) is 12.4. The van der Waals surface area contributed by atoms with Crippen LogP contribution in [0.5, 0.6) is 5.75 Å². The third-order valence-electron chi connectivity index (χ3n) is 3.19. The number of rotatable bonds is 2. The lowest BCUT2D eigenvalue weighted by atomic mass is 10.1. The number of nitrogens with one attached hydrogen (secondary N) is 2. The smallest absolute Gasteiger partial charge is 0.265 e. The molecule has 2 aliphatic rings. The fourth-order valence-corrected chi connectivity index (χ4v) is 2.26. The molecule has 18 heavy (non-hydrogen) atoms. The van der Waals surface area contributed by atoms with Gasteiger partial charge in [-0.3, -0.25) is 4.79 Å². The number of para-hydroxylation sites is 2. The monoisotopic (exact) mass is 248 g/mol. The van der Waals surface area contributed by atoms with Gasteiger partial charge in [0.15, 0.2) is 6.10 Å². The van der Waals surface area contributed by atoms with Gasteiger partial charge in [0.05, 0.1) is 18.4 Å². The Balaban J connectivity index is 1.68. The molecule has 1 amide bonds. The van der Waals surface area contributed by atoms with E-state index in [2.05, 4.69) is 10.6 Å². The van der Waals surface area contributed by atoms with Crippen molar-refractivity contribution in [3.05, 3.63) is 24.3 Å². The summed E-state index contributed by atoms with van der Waals surface area (Å²) in [5.41, 5.74) is 0.737. The van der Waals surface area contributed by atoms with Gasteiger partial charge in [-0.25, -0.2) is 0 Å². The van der Waals surface area contributed by atoms with E-state index in [1.54, 1.807) is 0 Å². The third kappa shape index (κ3) is 2.32. The maximum atomic E-state index is 11.9. The number of anilines is 1. The standard InChI is InChI=1S/C13H16N2O3/c16-13-12(7-9-8-14-5-6-17-9)18-11-4-2-1-3-10(11)15-13/h1-4,9,12,14H,5-8H2,(H,15,16).